The molecular weight excluding hydrogens is 317 g/mol. The molecule has 0 aliphatic carbocycles. The molecule has 7 heteroatoms. The van der Waals surface area contributed by atoms with Crippen LogP contribution in [0.15, 0.2) is 36.4 Å². The highest BCUT2D eigenvalue weighted by Crippen LogP contribution is 2.39. The molecule has 0 amide bonds. The van der Waals surface area contributed by atoms with Crippen molar-refractivity contribution in [3.8, 4) is 11.5 Å². The van der Waals surface area contributed by atoms with Crippen LogP contribution >= 0.6 is 23.2 Å². The van der Waals surface area contributed by atoms with Crippen molar-refractivity contribution in [3.63, 3.8) is 0 Å². The summed E-state index contributed by atoms with van der Waals surface area (Å²) in [6.07, 6.45) is 0.555. The summed E-state index contributed by atoms with van der Waals surface area (Å²) >= 11 is 11.9. The van der Waals surface area contributed by atoms with E-state index in [2.05, 4.69) is 0 Å². The molecule has 0 unspecified atom stereocenters. The standard InChI is InChI=1S/C14H11Cl2NO4/c15-12-7-10(17(19)20)8-13(16)14(12)21-11-3-1-9(2-4-11)5-6-18/h1-4,7-8,18H,5-6H2. The van der Waals surface area contributed by atoms with Crippen molar-refractivity contribution >= 4 is 28.9 Å². The number of nitrogens with zero attached hydrogens (tertiary/aromatic N) is 1. The predicted molar refractivity (Wildman–Crippen MR) is 80.4 cm³/mol. The second-order valence-corrected chi connectivity index (χ2v) is 5.03. The zero-order chi connectivity index (χ0) is 15.4. The lowest BCUT2D eigenvalue weighted by Crippen LogP contribution is -1.93. The smallest absolute Gasteiger partial charge is 0.272 e. The third-order valence-corrected chi connectivity index (χ3v) is 3.30. The van der Waals surface area contributed by atoms with Crippen molar-refractivity contribution in [2.45, 2.75) is 6.42 Å². The molecule has 0 aromatic heterocycles. The van der Waals surface area contributed by atoms with E-state index < -0.39 is 4.92 Å². The molecule has 0 bridgehead atoms. The maximum Gasteiger partial charge on any atom is 0.272 e. The van der Waals surface area contributed by atoms with Gasteiger partial charge < -0.3 is 9.84 Å². The van der Waals surface area contributed by atoms with Crippen LogP contribution < -0.4 is 4.74 Å². The lowest BCUT2D eigenvalue weighted by atomic mass is 10.1. The Morgan fingerprint density at radius 3 is 2.19 bits per heavy atom. The summed E-state index contributed by atoms with van der Waals surface area (Å²) in [5.74, 6) is 0.660. The number of ether oxygens (including phenoxy) is 1. The normalized spacial score (nSPS) is 10.4. The Balaban J connectivity index is 2.25. The maximum absolute atomic E-state index is 10.7. The minimum Gasteiger partial charge on any atom is -0.454 e. The van der Waals surface area contributed by atoms with Crippen LogP contribution in [0.4, 0.5) is 5.69 Å². The first kappa shape index (κ1) is 15.6. The number of non-ortho nitro benzene ring substituents is 1. The quantitative estimate of drug-likeness (QED) is 0.658. The Kier molecular flexibility index (Phi) is 5.01. The van der Waals surface area contributed by atoms with E-state index >= 15 is 0 Å². The summed E-state index contributed by atoms with van der Waals surface area (Å²) in [5, 5.41) is 19.7. The van der Waals surface area contributed by atoms with Gasteiger partial charge in [0.05, 0.1) is 15.0 Å². The van der Waals surface area contributed by atoms with Gasteiger partial charge in [0, 0.05) is 18.7 Å². The van der Waals surface area contributed by atoms with Crippen LogP contribution in [0.1, 0.15) is 5.56 Å². The first-order valence-electron chi connectivity index (χ1n) is 6.02. The van der Waals surface area contributed by atoms with Crippen molar-refractivity contribution in [3.05, 3.63) is 62.1 Å². The summed E-state index contributed by atoms with van der Waals surface area (Å²) < 4.78 is 5.56. The van der Waals surface area contributed by atoms with E-state index in [0.717, 1.165) is 5.56 Å². The number of aliphatic hydroxyl groups is 1. The average molecular weight is 328 g/mol. The Morgan fingerprint density at radius 1 is 1.14 bits per heavy atom. The highest BCUT2D eigenvalue weighted by atomic mass is 35.5. The van der Waals surface area contributed by atoms with Crippen molar-refractivity contribution in [1.29, 1.82) is 0 Å². The van der Waals surface area contributed by atoms with Gasteiger partial charge in [0.1, 0.15) is 5.75 Å². The van der Waals surface area contributed by atoms with Crippen LogP contribution in [0.2, 0.25) is 10.0 Å². The average Bonchev–Trinajstić information content (AvgIpc) is 2.44. The molecule has 0 heterocycles. The number of hydrogen-bond donors (Lipinski definition) is 1. The monoisotopic (exact) mass is 327 g/mol. The molecule has 0 aliphatic heterocycles. The zero-order valence-corrected chi connectivity index (χ0v) is 12.3. The Bertz CT molecular complexity index is 636. The lowest BCUT2D eigenvalue weighted by molar-refractivity contribution is -0.384. The van der Waals surface area contributed by atoms with E-state index in [1.807, 2.05) is 0 Å². The zero-order valence-electron chi connectivity index (χ0n) is 10.8. The molecular formula is C14H11Cl2NO4. The largest absolute Gasteiger partial charge is 0.454 e. The Labute approximate surface area is 130 Å². The predicted octanol–water partition coefficient (Wildman–Crippen LogP) is 4.23. The van der Waals surface area contributed by atoms with Gasteiger partial charge in [-0.2, -0.15) is 0 Å². The Morgan fingerprint density at radius 2 is 1.71 bits per heavy atom. The molecule has 2 aromatic rings. The summed E-state index contributed by atoms with van der Waals surface area (Å²) in [6, 6.07) is 9.39. The van der Waals surface area contributed by atoms with Crippen LogP contribution in [-0.2, 0) is 6.42 Å². The van der Waals surface area contributed by atoms with Crippen LogP contribution in [0.3, 0.4) is 0 Å². The molecule has 1 N–H and O–H groups in total. The van der Waals surface area contributed by atoms with Crippen molar-refractivity contribution in [1.82, 2.24) is 0 Å². The van der Waals surface area contributed by atoms with Crippen molar-refractivity contribution in [2.24, 2.45) is 0 Å². The highest BCUT2D eigenvalue weighted by molar-refractivity contribution is 6.37. The lowest BCUT2D eigenvalue weighted by Gasteiger charge is -2.10. The highest BCUT2D eigenvalue weighted by Gasteiger charge is 2.16. The number of aliphatic hydroxyl groups excluding tert-OH is 1. The fourth-order valence-corrected chi connectivity index (χ4v) is 2.27. The van der Waals surface area contributed by atoms with Gasteiger partial charge in [0.25, 0.3) is 5.69 Å². The van der Waals surface area contributed by atoms with E-state index in [0.29, 0.717) is 12.2 Å². The first-order chi connectivity index (χ1) is 10.0. The topological polar surface area (TPSA) is 72.6 Å². The number of nitro groups is 1. The van der Waals surface area contributed by atoms with E-state index in [-0.39, 0.29) is 28.1 Å². The van der Waals surface area contributed by atoms with E-state index in [9.17, 15) is 10.1 Å². The van der Waals surface area contributed by atoms with Gasteiger partial charge >= 0.3 is 0 Å². The van der Waals surface area contributed by atoms with Gasteiger partial charge in [0.2, 0.25) is 0 Å². The minimum atomic E-state index is -0.578. The van der Waals surface area contributed by atoms with Crippen molar-refractivity contribution in [2.75, 3.05) is 6.61 Å². The van der Waals surface area contributed by atoms with Gasteiger partial charge in [-0.05, 0) is 24.1 Å². The molecule has 0 spiro atoms. The first-order valence-corrected chi connectivity index (χ1v) is 6.78. The molecule has 0 atom stereocenters. The third-order valence-electron chi connectivity index (χ3n) is 2.74. The molecule has 2 aromatic carbocycles. The molecule has 0 saturated heterocycles. The van der Waals surface area contributed by atoms with Gasteiger partial charge in [-0.1, -0.05) is 35.3 Å². The molecule has 0 radical (unpaired) electrons. The second-order valence-electron chi connectivity index (χ2n) is 4.22. The Hall–Kier alpha value is -1.82. The van der Waals surface area contributed by atoms with Gasteiger partial charge in [-0.25, -0.2) is 0 Å². The third kappa shape index (κ3) is 3.85. The van der Waals surface area contributed by atoms with E-state index in [1.54, 1.807) is 24.3 Å². The number of rotatable bonds is 5. The van der Waals surface area contributed by atoms with Crippen LogP contribution in [0.5, 0.6) is 11.5 Å². The second kappa shape index (κ2) is 6.76. The minimum absolute atomic E-state index is 0.0636. The van der Waals surface area contributed by atoms with E-state index in [1.165, 1.54) is 12.1 Å². The molecule has 21 heavy (non-hydrogen) atoms. The molecule has 110 valence electrons. The van der Waals surface area contributed by atoms with Gasteiger partial charge in [-0.3, -0.25) is 10.1 Å². The van der Waals surface area contributed by atoms with Crippen molar-refractivity contribution < 1.29 is 14.8 Å². The fraction of sp³-hybridized carbons (Fsp3) is 0.143. The summed E-state index contributed by atoms with van der Waals surface area (Å²) in [4.78, 5) is 10.1. The summed E-state index contributed by atoms with van der Waals surface area (Å²) in [7, 11) is 0. The van der Waals surface area contributed by atoms with Gasteiger partial charge in [0.15, 0.2) is 5.75 Å². The number of hydrogen-bond acceptors (Lipinski definition) is 4. The summed E-state index contributed by atoms with van der Waals surface area (Å²) in [6.45, 7) is 0.0697. The molecule has 2 rings (SSSR count). The molecule has 0 aliphatic rings. The molecule has 5 nitrogen and oxygen atoms in total. The van der Waals surface area contributed by atoms with E-state index in [4.69, 9.17) is 33.0 Å². The number of halogens is 2. The van der Waals surface area contributed by atoms with Gasteiger partial charge in [-0.15, -0.1) is 0 Å². The number of nitro benzene ring substituents is 1. The molecule has 0 saturated carbocycles. The summed E-state index contributed by atoms with van der Waals surface area (Å²) in [5.41, 5.74) is 0.765. The number of benzene rings is 2. The fourth-order valence-electron chi connectivity index (χ4n) is 1.72. The SMILES string of the molecule is O=[N+]([O-])c1cc(Cl)c(Oc2ccc(CCO)cc2)c(Cl)c1. The van der Waals surface area contributed by atoms with Crippen LogP contribution in [0, 0.1) is 10.1 Å². The van der Waals surface area contributed by atoms with Crippen LogP contribution in [-0.4, -0.2) is 16.6 Å². The van der Waals surface area contributed by atoms with Crippen LogP contribution in [0.25, 0.3) is 0 Å². The molecule has 0 fully saturated rings. The maximum atomic E-state index is 10.7.